The summed E-state index contributed by atoms with van der Waals surface area (Å²) in [7, 11) is 0. The molecule has 0 unspecified atom stereocenters. The second-order valence-corrected chi connectivity index (χ2v) is 6.15. The van der Waals surface area contributed by atoms with Gasteiger partial charge in [0.1, 0.15) is 12.0 Å². The molecule has 2 N–H and O–H groups in total. The van der Waals surface area contributed by atoms with E-state index in [2.05, 4.69) is 10.5 Å². The van der Waals surface area contributed by atoms with Crippen LogP contribution in [0.15, 0.2) is 35.2 Å². The van der Waals surface area contributed by atoms with E-state index in [9.17, 15) is 22.8 Å². The van der Waals surface area contributed by atoms with Crippen LogP contribution >= 0.6 is 0 Å². The maximum atomic E-state index is 12.7. The SMILES string of the molecule is N=C/C(=C\N1C=Nn2cccc2C(=O)N1)C(=O)N1CCC(C(F)(F)F)CC1. The van der Waals surface area contributed by atoms with Crippen LogP contribution in [0.4, 0.5) is 13.2 Å². The van der Waals surface area contributed by atoms with Gasteiger partial charge in [0.25, 0.3) is 11.8 Å². The molecule has 27 heavy (non-hydrogen) atoms. The van der Waals surface area contributed by atoms with Crippen molar-refractivity contribution >= 4 is 24.4 Å². The van der Waals surface area contributed by atoms with E-state index in [0.717, 1.165) is 11.2 Å². The fourth-order valence-electron chi connectivity index (χ4n) is 2.93. The summed E-state index contributed by atoms with van der Waals surface area (Å²) in [4.78, 5) is 25.9. The van der Waals surface area contributed by atoms with Gasteiger partial charge in [0.05, 0.1) is 11.5 Å². The largest absolute Gasteiger partial charge is 0.391 e. The zero-order valence-corrected chi connectivity index (χ0v) is 14.1. The van der Waals surface area contributed by atoms with Gasteiger partial charge in [-0.05, 0) is 25.0 Å². The molecule has 0 radical (unpaired) electrons. The van der Waals surface area contributed by atoms with Crippen LogP contribution in [0.1, 0.15) is 23.3 Å². The number of carbonyl (C=O) groups is 2. The Bertz CT molecular complexity index is 805. The van der Waals surface area contributed by atoms with E-state index in [4.69, 9.17) is 5.41 Å². The summed E-state index contributed by atoms with van der Waals surface area (Å²) in [6.07, 6.45) is 0.226. The van der Waals surface area contributed by atoms with Gasteiger partial charge in [-0.15, -0.1) is 0 Å². The van der Waals surface area contributed by atoms with Crippen LogP contribution in [0.25, 0.3) is 0 Å². The van der Waals surface area contributed by atoms with Crippen molar-refractivity contribution in [2.45, 2.75) is 19.0 Å². The molecule has 1 saturated heterocycles. The minimum Gasteiger partial charge on any atom is -0.339 e. The van der Waals surface area contributed by atoms with Gasteiger partial charge in [-0.1, -0.05) is 0 Å². The number of nitrogens with one attached hydrogen (secondary N) is 2. The lowest BCUT2D eigenvalue weighted by Gasteiger charge is -2.33. The van der Waals surface area contributed by atoms with Crippen LogP contribution < -0.4 is 5.43 Å². The number of rotatable bonds is 3. The maximum Gasteiger partial charge on any atom is 0.391 e. The second kappa shape index (κ2) is 7.25. The fraction of sp³-hybridized carbons (Fsp3) is 0.375. The molecule has 0 aromatic carbocycles. The number of hydrogen-bond acceptors (Lipinski definition) is 5. The smallest absolute Gasteiger partial charge is 0.339 e. The van der Waals surface area contributed by atoms with Crippen LogP contribution in [-0.2, 0) is 4.79 Å². The average Bonchev–Trinajstić information content (AvgIpc) is 3.06. The third kappa shape index (κ3) is 4.01. The van der Waals surface area contributed by atoms with Crippen molar-refractivity contribution in [1.29, 1.82) is 5.41 Å². The minimum absolute atomic E-state index is 0.0416. The molecule has 0 saturated carbocycles. The van der Waals surface area contributed by atoms with Gasteiger partial charge < -0.3 is 10.3 Å². The predicted octanol–water partition coefficient (Wildman–Crippen LogP) is 1.57. The summed E-state index contributed by atoms with van der Waals surface area (Å²) in [5, 5.41) is 12.6. The number of amides is 2. The molecular weight excluding hydrogens is 365 g/mol. The lowest BCUT2D eigenvalue weighted by atomic mass is 9.96. The van der Waals surface area contributed by atoms with Crippen molar-refractivity contribution in [3.8, 4) is 0 Å². The summed E-state index contributed by atoms with van der Waals surface area (Å²) in [5.74, 6) is -2.45. The first-order valence-corrected chi connectivity index (χ1v) is 8.19. The third-order valence-corrected chi connectivity index (χ3v) is 4.42. The molecule has 0 spiro atoms. The molecule has 2 amide bonds. The molecule has 2 aliphatic rings. The number of piperidine rings is 1. The first-order valence-electron chi connectivity index (χ1n) is 8.19. The molecule has 1 fully saturated rings. The van der Waals surface area contributed by atoms with Crippen LogP contribution in [0.5, 0.6) is 0 Å². The Balaban J connectivity index is 1.70. The van der Waals surface area contributed by atoms with E-state index in [1.54, 1.807) is 18.3 Å². The number of nitrogens with zero attached hydrogens (tertiary/aromatic N) is 4. The molecule has 0 atom stereocenters. The van der Waals surface area contributed by atoms with Gasteiger partial charge in [-0.25, -0.2) is 9.69 Å². The van der Waals surface area contributed by atoms with E-state index in [1.807, 2.05) is 0 Å². The van der Waals surface area contributed by atoms with Crippen molar-refractivity contribution in [3.05, 3.63) is 35.8 Å². The molecule has 0 bridgehead atoms. The molecule has 8 nitrogen and oxygen atoms in total. The van der Waals surface area contributed by atoms with Crippen molar-refractivity contribution < 1.29 is 22.8 Å². The molecule has 144 valence electrons. The number of likely N-dealkylation sites (tertiary alicyclic amines) is 1. The van der Waals surface area contributed by atoms with Gasteiger partial charge in [0.2, 0.25) is 0 Å². The zero-order valence-electron chi connectivity index (χ0n) is 14.1. The molecule has 0 aliphatic carbocycles. The number of halogens is 3. The maximum absolute atomic E-state index is 12.7. The monoisotopic (exact) mass is 382 g/mol. The van der Waals surface area contributed by atoms with Gasteiger partial charge >= 0.3 is 6.18 Å². The fourth-order valence-corrected chi connectivity index (χ4v) is 2.93. The Morgan fingerprint density at radius 2 is 2.04 bits per heavy atom. The van der Waals surface area contributed by atoms with Crippen LogP contribution in [0.3, 0.4) is 0 Å². The van der Waals surface area contributed by atoms with E-state index in [1.165, 1.54) is 22.1 Å². The van der Waals surface area contributed by atoms with E-state index < -0.39 is 23.9 Å². The van der Waals surface area contributed by atoms with Gasteiger partial charge in [-0.3, -0.25) is 15.0 Å². The highest BCUT2D eigenvalue weighted by Crippen LogP contribution is 2.34. The standard InChI is InChI=1S/C16H17F3N6O2/c17-16(18,19)12-3-6-23(7-4-12)15(27)11(8-20)9-24-10-21-25-5-1-2-13(25)14(26)22-24/h1-2,5,8-10,12,20H,3-4,6-7H2,(H,22,26)/b11-9+,20-8?. The molecule has 3 heterocycles. The summed E-state index contributed by atoms with van der Waals surface area (Å²) in [6, 6.07) is 3.21. The number of alkyl halides is 3. The summed E-state index contributed by atoms with van der Waals surface area (Å²) >= 11 is 0. The number of hydrogen-bond donors (Lipinski definition) is 2. The number of aromatic nitrogens is 1. The topological polar surface area (TPSA) is 93.8 Å². The van der Waals surface area contributed by atoms with Crippen molar-refractivity contribution in [1.82, 2.24) is 20.0 Å². The second-order valence-electron chi connectivity index (χ2n) is 6.15. The predicted molar refractivity (Wildman–Crippen MR) is 89.9 cm³/mol. The third-order valence-electron chi connectivity index (χ3n) is 4.42. The summed E-state index contributed by atoms with van der Waals surface area (Å²) in [6.45, 7) is -0.0831. The van der Waals surface area contributed by atoms with E-state index >= 15 is 0 Å². The highest BCUT2D eigenvalue weighted by molar-refractivity contribution is 6.11. The molecular formula is C16H17F3N6O2. The van der Waals surface area contributed by atoms with Crippen molar-refractivity contribution in [2.24, 2.45) is 11.0 Å². The first kappa shape index (κ1) is 18.7. The highest BCUT2D eigenvalue weighted by atomic mass is 19.4. The number of fused-ring (bicyclic) bond motifs is 1. The molecule has 11 heteroatoms. The minimum atomic E-state index is -4.27. The van der Waals surface area contributed by atoms with Crippen molar-refractivity contribution in [2.75, 3.05) is 13.1 Å². The van der Waals surface area contributed by atoms with Crippen LogP contribution in [0.2, 0.25) is 0 Å². The van der Waals surface area contributed by atoms with E-state index in [0.29, 0.717) is 5.69 Å². The highest BCUT2D eigenvalue weighted by Gasteiger charge is 2.41. The number of carbonyl (C=O) groups excluding carboxylic acids is 2. The van der Waals surface area contributed by atoms with Gasteiger partial charge in [0.15, 0.2) is 0 Å². The molecule has 3 rings (SSSR count). The van der Waals surface area contributed by atoms with Crippen LogP contribution in [0, 0.1) is 11.3 Å². The van der Waals surface area contributed by atoms with Gasteiger partial charge in [-0.2, -0.15) is 18.3 Å². The van der Waals surface area contributed by atoms with Crippen LogP contribution in [-0.4, -0.2) is 58.2 Å². The first-order chi connectivity index (χ1) is 12.8. The summed E-state index contributed by atoms with van der Waals surface area (Å²) in [5.41, 5.74) is 2.70. The molecule has 1 aromatic rings. The Labute approximate surface area is 152 Å². The Kier molecular flexibility index (Phi) is 5.02. The number of hydrazine groups is 1. The normalized spacial score (nSPS) is 18.8. The van der Waals surface area contributed by atoms with Crippen molar-refractivity contribution in [3.63, 3.8) is 0 Å². The van der Waals surface area contributed by atoms with E-state index in [-0.39, 0.29) is 31.5 Å². The average molecular weight is 382 g/mol. The lowest BCUT2D eigenvalue weighted by molar-refractivity contribution is -0.186. The Hall–Kier alpha value is -3.11. The lowest BCUT2D eigenvalue weighted by Crippen LogP contribution is -2.43. The summed E-state index contributed by atoms with van der Waals surface area (Å²) < 4.78 is 39.6. The Morgan fingerprint density at radius 1 is 1.33 bits per heavy atom. The molecule has 1 aromatic heterocycles. The zero-order chi connectivity index (χ0) is 19.6. The molecule has 2 aliphatic heterocycles. The quantitative estimate of drug-likeness (QED) is 0.614. The Morgan fingerprint density at radius 3 is 2.67 bits per heavy atom. The van der Waals surface area contributed by atoms with Gasteiger partial charge in [0, 0.05) is 31.7 Å².